The van der Waals surface area contributed by atoms with E-state index >= 15 is 0 Å². The standard InChI is InChI=1S/C13H19NO4/c1-3-14(8-5-9-15)13(17)10-6-4-7-11(18-2)12(10)16/h4,6-7,15-16H,3,5,8-9H2,1-2H3. The minimum Gasteiger partial charge on any atom is -0.504 e. The number of rotatable bonds is 6. The van der Waals surface area contributed by atoms with Crippen molar-refractivity contribution in [3.63, 3.8) is 0 Å². The second kappa shape index (κ2) is 6.86. The van der Waals surface area contributed by atoms with E-state index in [2.05, 4.69) is 0 Å². The lowest BCUT2D eigenvalue weighted by atomic mass is 10.1. The van der Waals surface area contributed by atoms with Gasteiger partial charge < -0.3 is 19.8 Å². The number of aromatic hydroxyl groups is 1. The SMILES string of the molecule is CCN(CCCO)C(=O)c1cccc(OC)c1O. The van der Waals surface area contributed by atoms with Crippen LogP contribution in [0.15, 0.2) is 18.2 Å². The molecule has 0 heterocycles. The second-order valence-electron chi connectivity index (χ2n) is 3.82. The first-order chi connectivity index (χ1) is 8.65. The maximum atomic E-state index is 12.2. The van der Waals surface area contributed by atoms with Gasteiger partial charge in [0.05, 0.1) is 12.7 Å². The first-order valence-corrected chi connectivity index (χ1v) is 5.91. The minimum absolute atomic E-state index is 0.0356. The van der Waals surface area contributed by atoms with Crippen molar-refractivity contribution in [2.45, 2.75) is 13.3 Å². The maximum Gasteiger partial charge on any atom is 0.257 e. The molecule has 0 bridgehead atoms. The van der Waals surface area contributed by atoms with Gasteiger partial charge in [-0.3, -0.25) is 4.79 Å². The van der Waals surface area contributed by atoms with Crippen LogP contribution in [0.2, 0.25) is 0 Å². The van der Waals surface area contributed by atoms with E-state index in [0.717, 1.165) is 0 Å². The molecule has 0 atom stereocenters. The number of phenolic OH excluding ortho intramolecular Hbond substituents is 1. The van der Waals surface area contributed by atoms with E-state index in [4.69, 9.17) is 9.84 Å². The number of para-hydroxylation sites is 1. The van der Waals surface area contributed by atoms with Gasteiger partial charge in [0.1, 0.15) is 0 Å². The Morgan fingerprint density at radius 2 is 2.17 bits per heavy atom. The number of amides is 1. The number of carbonyl (C=O) groups excluding carboxylic acids is 1. The van der Waals surface area contributed by atoms with Crippen molar-refractivity contribution in [3.05, 3.63) is 23.8 Å². The molecule has 5 heteroatoms. The summed E-state index contributed by atoms with van der Waals surface area (Å²) in [6.45, 7) is 2.87. The number of aliphatic hydroxyl groups is 1. The summed E-state index contributed by atoms with van der Waals surface area (Å²) in [5.74, 6) is -0.131. The molecule has 0 fully saturated rings. The molecule has 0 spiro atoms. The van der Waals surface area contributed by atoms with Crippen molar-refractivity contribution in [3.8, 4) is 11.5 Å². The summed E-state index contributed by atoms with van der Waals surface area (Å²) < 4.78 is 4.97. The van der Waals surface area contributed by atoms with E-state index in [9.17, 15) is 9.90 Å². The number of aliphatic hydroxyl groups excluding tert-OH is 1. The van der Waals surface area contributed by atoms with Gasteiger partial charge in [0.15, 0.2) is 11.5 Å². The van der Waals surface area contributed by atoms with Crippen molar-refractivity contribution in [1.29, 1.82) is 0 Å². The lowest BCUT2D eigenvalue weighted by Crippen LogP contribution is -2.32. The summed E-state index contributed by atoms with van der Waals surface area (Å²) in [5.41, 5.74) is 0.217. The van der Waals surface area contributed by atoms with Crippen LogP contribution in [0.1, 0.15) is 23.7 Å². The topological polar surface area (TPSA) is 70.0 Å². The number of hydrogen-bond acceptors (Lipinski definition) is 4. The zero-order valence-corrected chi connectivity index (χ0v) is 10.7. The number of phenols is 1. The number of nitrogens with zero attached hydrogens (tertiary/aromatic N) is 1. The minimum atomic E-state index is -0.262. The van der Waals surface area contributed by atoms with Crippen molar-refractivity contribution < 1.29 is 19.7 Å². The van der Waals surface area contributed by atoms with E-state index in [1.54, 1.807) is 23.1 Å². The summed E-state index contributed by atoms with van der Waals surface area (Å²) in [6, 6.07) is 4.81. The van der Waals surface area contributed by atoms with Gasteiger partial charge in [-0.1, -0.05) is 6.07 Å². The van der Waals surface area contributed by atoms with E-state index in [1.807, 2.05) is 6.92 Å². The van der Waals surface area contributed by atoms with Crippen LogP contribution in [0.25, 0.3) is 0 Å². The molecule has 0 saturated heterocycles. The predicted octanol–water partition coefficient (Wildman–Crippen LogP) is 1.25. The molecule has 1 amide bonds. The zero-order valence-electron chi connectivity index (χ0n) is 10.7. The molecule has 0 radical (unpaired) electrons. The summed E-state index contributed by atoms with van der Waals surface area (Å²) in [4.78, 5) is 13.8. The zero-order chi connectivity index (χ0) is 13.5. The van der Waals surface area contributed by atoms with Gasteiger partial charge in [0, 0.05) is 19.7 Å². The average Bonchev–Trinajstić information content (AvgIpc) is 2.39. The van der Waals surface area contributed by atoms with Crippen LogP contribution in [0, 0.1) is 0 Å². The van der Waals surface area contributed by atoms with E-state index in [-0.39, 0.29) is 29.6 Å². The summed E-state index contributed by atoms with van der Waals surface area (Å²) in [5, 5.41) is 18.7. The van der Waals surface area contributed by atoms with Crippen molar-refractivity contribution in [2.75, 3.05) is 26.8 Å². The maximum absolute atomic E-state index is 12.2. The molecule has 1 rings (SSSR count). The van der Waals surface area contributed by atoms with Crippen molar-refractivity contribution >= 4 is 5.91 Å². The molecule has 0 aliphatic rings. The Labute approximate surface area is 107 Å². The lowest BCUT2D eigenvalue weighted by Gasteiger charge is -2.21. The third-order valence-corrected chi connectivity index (χ3v) is 2.70. The lowest BCUT2D eigenvalue weighted by molar-refractivity contribution is 0.0750. The molecule has 100 valence electrons. The number of carbonyl (C=O) groups is 1. The Kier molecular flexibility index (Phi) is 5.45. The van der Waals surface area contributed by atoms with Gasteiger partial charge >= 0.3 is 0 Å². The van der Waals surface area contributed by atoms with Crippen LogP contribution in [0.3, 0.4) is 0 Å². The largest absolute Gasteiger partial charge is 0.504 e. The van der Waals surface area contributed by atoms with E-state index < -0.39 is 0 Å². The Morgan fingerprint density at radius 1 is 1.44 bits per heavy atom. The molecule has 0 aliphatic heterocycles. The third-order valence-electron chi connectivity index (χ3n) is 2.70. The quantitative estimate of drug-likeness (QED) is 0.800. The Bertz CT molecular complexity index is 406. The third kappa shape index (κ3) is 3.13. The van der Waals surface area contributed by atoms with Crippen molar-refractivity contribution in [2.24, 2.45) is 0 Å². The van der Waals surface area contributed by atoms with Crippen molar-refractivity contribution in [1.82, 2.24) is 4.90 Å². The summed E-state index contributed by atoms with van der Waals surface area (Å²) in [7, 11) is 1.44. The highest BCUT2D eigenvalue weighted by Crippen LogP contribution is 2.30. The number of methoxy groups -OCH3 is 1. The van der Waals surface area contributed by atoms with Crippen LogP contribution < -0.4 is 4.74 Å². The number of hydrogen-bond donors (Lipinski definition) is 2. The molecular weight excluding hydrogens is 234 g/mol. The summed E-state index contributed by atoms with van der Waals surface area (Å²) >= 11 is 0. The predicted molar refractivity (Wildman–Crippen MR) is 67.9 cm³/mol. The molecule has 1 aromatic carbocycles. The van der Waals surface area contributed by atoms with Gasteiger partial charge in [0.25, 0.3) is 5.91 Å². The fraction of sp³-hybridized carbons (Fsp3) is 0.462. The smallest absolute Gasteiger partial charge is 0.257 e. The highest BCUT2D eigenvalue weighted by molar-refractivity contribution is 5.97. The van der Waals surface area contributed by atoms with Crippen LogP contribution in [-0.4, -0.2) is 47.8 Å². The second-order valence-corrected chi connectivity index (χ2v) is 3.82. The number of benzene rings is 1. The molecule has 2 N–H and O–H groups in total. The first-order valence-electron chi connectivity index (χ1n) is 5.91. The van der Waals surface area contributed by atoms with Gasteiger partial charge in [-0.2, -0.15) is 0 Å². The molecule has 0 unspecified atom stereocenters. The Balaban J connectivity index is 2.94. The monoisotopic (exact) mass is 253 g/mol. The van der Waals surface area contributed by atoms with Gasteiger partial charge in [-0.15, -0.1) is 0 Å². The normalized spacial score (nSPS) is 10.2. The molecule has 1 aromatic rings. The Hall–Kier alpha value is -1.75. The van der Waals surface area contributed by atoms with Crippen LogP contribution in [-0.2, 0) is 0 Å². The highest BCUT2D eigenvalue weighted by atomic mass is 16.5. The van der Waals surface area contributed by atoms with Gasteiger partial charge in [-0.05, 0) is 25.5 Å². The van der Waals surface area contributed by atoms with E-state index in [0.29, 0.717) is 19.5 Å². The molecule has 0 saturated carbocycles. The molecule has 0 aromatic heterocycles. The molecule has 18 heavy (non-hydrogen) atoms. The Morgan fingerprint density at radius 3 is 2.72 bits per heavy atom. The molecule has 5 nitrogen and oxygen atoms in total. The van der Waals surface area contributed by atoms with Crippen LogP contribution in [0.4, 0.5) is 0 Å². The highest BCUT2D eigenvalue weighted by Gasteiger charge is 2.19. The molecular formula is C13H19NO4. The van der Waals surface area contributed by atoms with Gasteiger partial charge in [-0.25, -0.2) is 0 Å². The fourth-order valence-electron chi connectivity index (χ4n) is 1.69. The first kappa shape index (κ1) is 14.3. The average molecular weight is 253 g/mol. The fourth-order valence-corrected chi connectivity index (χ4v) is 1.69. The van der Waals surface area contributed by atoms with Gasteiger partial charge in [0.2, 0.25) is 0 Å². The molecule has 0 aliphatic carbocycles. The number of ether oxygens (including phenoxy) is 1. The van der Waals surface area contributed by atoms with Crippen LogP contribution in [0.5, 0.6) is 11.5 Å². The van der Waals surface area contributed by atoms with Crippen LogP contribution >= 0.6 is 0 Å². The summed E-state index contributed by atoms with van der Waals surface area (Å²) in [6.07, 6.45) is 0.518. The van der Waals surface area contributed by atoms with E-state index in [1.165, 1.54) is 7.11 Å².